The summed E-state index contributed by atoms with van der Waals surface area (Å²) >= 11 is 0. The molecule has 0 bridgehead atoms. The van der Waals surface area contributed by atoms with E-state index < -0.39 is 0 Å². The molecule has 1 atom stereocenters. The van der Waals surface area contributed by atoms with Crippen molar-refractivity contribution in [2.45, 2.75) is 45.6 Å². The van der Waals surface area contributed by atoms with Gasteiger partial charge in [0.1, 0.15) is 18.2 Å². The Kier molecular flexibility index (Phi) is 7.53. The number of nitrogens with zero attached hydrogens (tertiary/aromatic N) is 1. The van der Waals surface area contributed by atoms with Gasteiger partial charge in [-0.1, -0.05) is 6.92 Å². The molecule has 1 aromatic rings. The monoisotopic (exact) mass is 357 g/mol. The van der Waals surface area contributed by atoms with E-state index in [4.69, 9.17) is 25.6 Å². The van der Waals surface area contributed by atoms with E-state index >= 15 is 0 Å². The summed E-state index contributed by atoms with van der Waals surface area (Å²) in [7, 11) is 0. The Bertz CT molecular complexity index is 693. The number of benzene rings is 1. The average Bonchev–Trinajstić information content (AvgIpc) is 2.63. The lowest BCUT2D eigenvalue weighted by Crippen LogP contribution is -2.31. The highest BCUT2D eigenvalue weighted by atomic mass is 16.5. The van der Waals surface area contributed by atoms with Gasteiger partial charge in [0.05, 0.1) is 11.4 Å². The first kappa shape index (κ1) is 19.8. The van der Waals surface area contributed by atoms with E-state index in [1.54, 1.807) is 12.1 Å². The van der Waals surface area contributed by atoms with Crippen LogP contribution in [0.25, 0.3) is 0 Å². The highest BCUT2D eigenvalue weighted by Gasteiger charge is 2.26. The molecular formula is C20H27N3O3. The first-order chi connectivity index (χ1) is 12.5. The third-order valence-electron chi connectivity index (χ3n) is 4.02. The molecule has 0 aliphatic heterocycles. The largest absolute Gasteiger partial charge is 0.487 e. The molecule has 0 radical (unpaired) electrons. The molecule has 26 heavy (non-hydrogen) atoms. The molecule has 0 saturated heterocycles. The maximum Gasteiger partial charge on any atom is 0.170 e. The van der Waals surface area contributed by atoms with Gasteiger partial charge in [0.25, 0.3) is 0 Å². The Hall–Kier alpha value is -2.47. The summed E-state index contributed by atoms with van der Waals surface area (Å²) < 4.78 is 11.6. The Morgan fingerprint density at radius 2 is 2.04 bits per heavy atom. The van der Waals surface area contributed by atoms with E-state index in [-0.39, 0.29) is 24.3 Å². The van der Waals surface area contributed by atoms with Gasteiger partial charge in [0.15, 0.2) is 11.9 Å². The Balaban J connectivity index is 2.15. The van der Waals surface area contributed by atoms with Gasteiger partial charge in [-0.05, 0) is 56.5 Å². The molecule has 3 N–H and O–H groups in total. The van der Waals surface area contributed by atoms with Crippen LogP contribution in [0.15, 0.2) is 41.1 Å². The number of carbonyl (C=O) groups is 1. The molecule has 6 nitrogen and oxygen atoms in total. The van der Waals surface area contributed by atoms with Crippen molar-refractivity contribution in [3.05, 3.63) is 41.7 Å². The number of nitrogen functional groups attached to an aromatic ring is 1. The van der Waals surface area contributed by atoms with Gasteiger partial charge in [0.2, 0.25) is 0 Å². The van der Waals surface area contributed by atoms with Gasteiger partial charge in [-0.2, -0.15) is 0 Å². The number of amidine groups is 1. The smallest absolute Gasteiger partial charge is 0.170 e. The van der Waals surface area contributed by atoms with Crippen LogP contribution in [0.2, 0.25) is 0 Å². The number of hydrogen-bond acceptors (Lipinski definition) is 5. The van der Waals surface area contributed by atoms with Crippen molar-refractivity contribution in [3.8, 4) is 0 Å². The Labute approximate surface area is 154 Å². The summed E-state index contributed by atoms with van der Waals surface area (Å²) in [4.78, 5) is 16.5. The van der Waals surface area contributed by atoms with E-state index in [0.29, 0.717) is 24.4 Å². The van der Waals surface area contributed by atoms with Crippen molar-refractivity contribution < 1.29 is 14.3 Å². The molecular weight excluding hydrogens is 330 g/mol. The van der Waals surface area contributed by atoms with Crippen molar-refractivity contribution in [2.75, 3.05) is 13.2 Å². The topological polar surface area (TPSA) is 97.8 Å². The maximum absolute atomic E-state index is 11.8. The minimum absolute atomic E-state index is 0.0319. The number of Topliss-reactive ketones (excluding diaryl/α,β-unsaturated/α-hetero) is 1. The summed E-state index contributed by atoms with van der Waals surface area (Å²) in [6, 6.07) is 7.21. The van der Waals surface area contributed by atoms with E-state index in [2.05, 4.69) is 0 Å². The first-order valence-corrected chi connectivity index (χ1v) is 9.03. The van der Waals surface area contributed by atoms with Crippen LogP contribution < -0.4 is 5.73 Å². The van der Waals surface area contributed by atoms with E-state index in [9.17, 15) is 4.79 Å². The molecule has 0 spiro atoms. The molecule has 2 rings (SSSR count). The second-order valence-corrected chi connectivity index (χ2v) is 6.12. The van der Waals surface area contributed by atoms with Gasteiger partial charge >= 0.3 is 0 Å². The highest BCUT2D eigenvalue weighted by Crippen LogP contribution is 2.24. The van der Waals surface area contributed by atoms with Crippen molar-refractivity contribution in [1.82, 2.24) is 0 Å². The fraction of sp³-hybridized carbons (Fsp3) is 0.450. The number of aliphatic imine (C=N–C) groups is 1. The zero-order chi connectivity index (χ0) is 18.9. The minimum Gasteiger partial charge on any atom is -0.487 e. The SMILES string of the molecule is CCCC(=O)COC1=CCCC(=Nc2ccc(C(=N)N)cc2)C1OCC. The fourth-order valence-corrected chi connectivity index (χ4v) is 2.75. The molecule has 1 unspecified atom stereocenters. The maximum atomic E-state index is 11.8. The average molecular weight is 357 g/mol. The quantitative estimate of drug-likeness (QED) is 0.522. The molecule has 0 aromatic heterocycles. The number of ketones is 1. The summed E-state index contributed by atoms with van der Waals surface area (Å²) in [5.74, 6) is 0.790. The van der Waals surface area contributed by atoms with Crippen LogP contribution in [0.1, 0.15) is 45.1 Å². The van der Waals surface area contributed by atoms with Crippen LogP contribution in [0.4, 0.5) is 5.69 Å². The first-order valence-electron chi connectivity index (χ1n) is 9.03. The molecule has 140 valence electrons. The molecule has 0 saturated carbocycles. The van der Waals surface area contributed by atoms with Crippen molar-refractivity contribution in [2.24, 2.45) is 10.7 Å². The number of hydrogen-bond donors (Lipinski definition) is 2. The second kappa shape index (κ2) is 9.87. The summed E-state index contributed by atoms with van der Waals surface area (Å²) in [6.45, 7) is 4.50. The number of ether oxygens (including phenoxy) is 2. The highest BCUT2D eigenvalue weighted by molar-refractivity contribution is 5.96. The van der Waals surface area contributed by atoms with E-state index in [0.717, 1.165) is 30.7 Å². The van der Waals surface area contributed by atoms with Crippen LogP contribution in [-0.4, -0.2) is 36.6 Å². The van der Waals surface area contributed by atoms with Crippen LogP contribution in [-0.2, 0) is 14.3 Å². The molecule has 1 aromatic carbocycles. The summed E-state index contributed by atoms with van der Waals surface area (Å²) in [5.41, 5.74) is 7.80. The lowest BCUT2D eigenvalue weighted by molar-refractivity contribution is -0.122. The molecule has 0 fully saturated rings. The number of nitrogens with one attached hydrogen (secondary N) is 1. The third-order valence-corrected chi connectivity index (χ3v) is 4.02. The Morgan fingerprint density at radius 3 is 2.65 bits per heavy atom. The minimum atomic E-state index is -0.365. The van der Waals surface area contributed by atoms with Crippen LogP contribution in [0, 0.1) is 5.41 Å². The molecule has 6 heteroatoms. The Morgan fingerprint density at radius 1 is 1.31 bits per heavy atom. The van der Waals surface area contributed by atoms with Gasteiger partial charge in [-0.25, -0.2) is 0 Å². The van der Waals surface area contributed by atoms with Crippen molar-refractivity contribution in [1.29, 1.82) is 5.41 Å². The number of nitrogens with two attached hydrogens (primary N) is 1. The molecule has 1 aliphatic carbocycles. The molecule has 1 aliphatic rings. The van der Waals surface area contributed by atoms with Crippen LogP contribution in [0.3, 0.4) is 0 Å². The van der Waals surface area contributed by atoms with Crippen molar-refractivity contribution in [3.63, 3.8) is 0 Å². The van der Waals surface area contributed by atoms with Gasteiger partial charge in [0, 0.05) is 18.6 Å². The summed E-state index contributed by atoms with van der Waals surface area (Å²) in [5, 5.41) is 7.45. The zero-order valence-electron chi connectivity index (χ0n) is 15.5. The second-order valence-electron chi connectivity index (χ2n) is 6.12. The fourth-order valence-electron chi connectivity index (χ4n) is 2.75. The van der Waals surface area contributed by atoms with Gasteiger partial charge < -0.3 is 15.2 Å². The molecule has 0 amide bonds. The third kappa shape index (κ3) is 5.52. The van der Waals surface area contributed by atoms with Crippen LogP contribution >= 0.6 is 0 Å². The van der Waals surface area contributed by atoms with E-state index in [1.165, 1.54) is 0 Å². The zero-order valence-corrected chi connectivity index (χ0v) is 15.5. The van der Waals surface area contributed by atoms with Crippen LogP contribution in [0.5, 0.6) is 0 Å². The van der Waals surface area contributed by atoms with Crippen molar-refractivity contribution >= 4 is 23.0 Å². The lowest BCUT2D eigenvalue weighted by atomic mass is 10.00. The van der Waals surface area contributed by atoms with E-state index in [1.807, 2.05) is 32.1 Å². The normalized spacial score (nSPS) is 18.5. The predicted octanol–water partition coefficient (Wildman–Crippen LogP) is 3.51. The number of allylic oxidation sites excluding steroid dienone is 1. The van der Waals surface area contributed by atoms with Gasteiger partial charge in [-0.3, -0.25) is 15.2 Å². The standard InChI is InChI=1S/C20H27N3O3/c1-3-6-16(24)13-26-18-8-5-7-17(19(18)25-4-2)23-15-11-9-14(10-12-15)20(21)22/h8-12,19H,3-7,13H2,1-2H3,(H3,21,22). The van der Waals surface area contributed by atoms with Gasteiger partial charge in [-0.15, -0.1) is 0 Å². The predicted molar refractivity (Wildman–Crippen MR) is 103 cm³/mol. The number of carbonyl (C=O) groups excluding carboxylic acids is 1. The summed E-state index contributed by atoms with van der Waals surface area (Å²) in [6.07, 6.45) is 4.53. The molecule has 0 heterocycles. The lowest BCUT2D eigenvalue weighted by Gasteiger charge is -2.26. The number of rotatable bonds is 9.